The van der Waals surface area contributed by atoms with E-state index >= 15 is 0 Å². The number of thioether (sulfide) groups is 1. The van der Waals surface area contributed by atoms with Gasteiger partial charge in [0.25, 0.3) is 11.8 Å². The van der Waals surface area contributed by atoms with Gasteiger partial charge in [-0.05, 0) is 25.0 Å². The molecule has 2 heterocycles. The van der Waals surface area contributed by atoms with Crippen LogP contribution >= 0.6 is 24.0 Å². The summed E-state index contributed by atoms with van der Waals surface area (Å²) in [5.41, 5.74) is 3.98. The quantitative estimate of drug-likeness (QED) is 0.528. The maximum Gasteiger partial charge on any atom is 0.303 e. The number of carbonyl (C=O) groups is 3. The predicted molar refractivity (Wildman–Crippen MR) is 125 cm³/mol. The van der Waals surface area contributed by atoms with Crippen molar-refractivity contribution < 1.29 is 19.5 Å². The van der Waals surface area contributed by atoms with Crippen LogP contribution in [-0.2, 0) is 20.9 Å². The first-order valence-electron chi connectivity index (χ1n) is 9.83. The van der Waals surface area contributed by atoms with Gasteiger partial charge in [-0.2, -0.15) is 0 Å². The van der Waals surface area contributed by atoms with Crippen molar-refractivity contribution in [3.05, 3.63) is 70.1 Å². The first-order valence-corrected chi connectivity index (χ1v) is 11.1. The molecular formula is C23H20N2O4S2. The molecule has 158 valence electrons. The zero-order valence-corrected chi connectivity index (χ0v) is 18.5. The third kappa shape index (κ3) is 4.13. The molecule has 6 nitrogen and oxygen atoms in total. The molecule has 2 aromatic rings. The molecular weight excluding hydrogens is 432 g/mol. The smallest absolute Gasteiger partial charge is 0.303 e. The lowest BCUT2D eigenvalue weighted by atomic mass is 10.1. The Morgan fingerprint density at radius 2 is 1.74 bits per heavy atom. The van der Waals surface area contributed by atoms with E-state index < -0.39 is 5.97 Å². The summed E-state index contributed by atoms with van der Waals surface area (Å²) in [5, 5.41) is 8.85. The van der Waals surface area contributed by atoms with E-state index in [1.54, 1.807) is 4.90 Å². The molecule has 0 bridgehead atoms. The Morgan fingerprint density at radius 1 is 1.03 bits per heavy atom. The molecule has 1 fully saturated rings. The van der Waals surface area contributed by atoms with Crippen molar-refractivity contribution in [2.24, 2.45) is 0 Å². The fraction of sp³-hybridized carbons (Fsp3) is 0.217. The number of carboxylic acids is 1. The molecule has 0 unspecified atom stereocenters. The third-order valence-electron chi connectivity index (χ3n) is 5.23. The van der Waals surface area contributed by atoms with Crippen molar-refractivity contribution in [2.45, 2.75) is 26.3 Å². The van der Waals surface area contributed by atoms with Gasteiger partial charge in [-0.3, -0.25) is 19.3 Å². The molecule has 0 aliphatic carbocycles. The minimum Gasteiger partial charge on any atom is -0.481 e. The summed E-state index contributed by atoms with van der Waals surface area (Å²) in [4.78, 5) is 40.7. The second-order valence-electron chi connectivity index (χ2n) is 7.42. The topological polar surface area (TPSA) is 77.9 Å². The Bertz CT molecular complexity index is 1120. The molecule has 2 amide bonds. The Balaban J connectivity index is 1.67. The Labute approximate surface area is 189 Å². The van der Waals surface area contributed by atoms with Crippen molar-refractivity contribution in [1.82, 2.24) is 4.90 Å². The molecule has 8 heteroatoms. The summed E-state index contributed by atoms with van der Waals surface area (Å²) in [6, 6.07) is 15.4. The Morgan fingerprint density at radius 3 is 2.45 bits per heavy atom. The summed E-state index contributed by atoms with van der Waals surface area (Å²) in [7, 11) is 0. The molecule has 0 spiro atoms. The lowest BCUT2D eigenvalue weighted by Gasteiger charge is -2.17. The number of aryl methyl sites for hydroxylation is 1. The maximum absolute atomic E-state index is 13.4. The number of hydrogen-bond donors (Lipinski definition) is 1. The summed E-state index contributed by atoms with van der Waals surface area (Å²) < 4.78 is 0.347. The van der Waals surface area contributed by atoms with Crippen LogP contribution in [0.3, 0.4) is 0 Å². The zero-order chi connectivity index (χ0) is 22.1. The number of para-hydroxylation sites is 1. The van der Waals surface area contributed by atoms with E-state index in [-0.39, 0.29) is 24.8 Å². The number of anilines is 1. The minimum absolute atomic E-state index is 0.0466. The molecule has 31 heavy (non-hydrogen) atoms. The summed E-state index contributed by atoms with van der Waals surface area (Å²) in [5.74, 6) is -1.49. The van der Waals surface area contributed by atoms with Crippen molar-refractivity contribution in [3.8, 4) is 0 Å². The van der Waals surface area contributed by atoms with Gasteiger partial charge in [0.2, 0.25) is 0 Å². The van der Waals surface area contributed by atoms with Crippen LogP contribution < -0.4 is 4.90 Å². The third-order valence-corrected chi connectivity index (χ3v) is 6.68. The van der Waals surface area contributed by atoms with Gasteiger partial charge < -0.3 is 10.0 Å². The largest absolute Gasteiger partial charge is 0.481 e. The van der Waals surface area contributed by atoms with E-state index in [2.05, 4.69) is 0 Å². The van der Waals surface area contributed by atoms with Crippen LogP contribution in [0.25, 0.3) is 5.57 Å². The van der Waals surface area contributed by atoms with Crippen LogP contribution in [0.5, 0.6) is 0 Å². The number of thiocarbonyl (C=S) groups is 1. The van der Waals surface area contributed by atoms with Crippen molar-refractivity contribution in [3.63, 3.8) is 0 Å². The number of rotatable bonds is 6. The standard InChI is InChI=1S/C23H20N2O4S2/c1-14-8-10-15(11-9-14)13-25-17-6-3-2-5-16(17)19(21(25)28)20-22(29)24(23(30)31-20)12-4-7-18(26)27/h2-3,5-6,8-11H,4,7,12-13H2,1H3,(H,26,27). The average Bonchev–Trinajstić information content (AvgIpc) is 3.17. The molecule has 2 aliphatic heterocycles. The average molecular weight is 453 g/mol. The lowest BCUT2D eigenvalue weighted by Crippen LogP contribution is -2.30. The second kappa shape index (κ2) is 8.64. The molecule has 4 rings (SSSR count). The van der Waals surface area contributed by atoms with Crippen LogP contribution in [0.2, 0.25) is 0 Å². The first-order chi connectivity index (χ1) is 14.9. The van der Waals surface area contributed by atoms with Gasteiger partial charge in [0, 0.05) is 18.5 Å². The number of fused-ring (bicyclic) bond motifs is 1. The Kier molecular flexibility index (Phi) is 5.93. The van der Waals surface area contributed by atoms with Crippen LogP contribution in [0.15, 0.2) is 53.4 Å². The van der Waals surface area contributed by atoms with Crippen molar-refractivity contribution in [1.29, 1.82) is 0 Å². The number of carbonyl (C=O) groups excluding carboxylic acids is 2. The molecule has 1 saturated heterocycles. The number of carboxylic acid groups (broad SMARTS) is 1. The minimum atomic E-state index is -0.921. The van der Waals surface area contributed by atoms with E-state index in [1.807, 2.05) is 55.5 Å². The second-order valence-corrected chi connectivity index (χ2v) is 9.06. The molecule has 0 radical (unpaired) electrons. The Hall–Kier alpha value is -2.97. The van der Waals surface area contributed by atoms with Gasteiger partial charge in [-0.25, -0.2) is 0 Å². The van der Waals surface area contributed by atoms with Crippen molar-refractivity contribution >= 4 is 57.3 Å². The normalized spacial score (nSPS) is 18.2. The highest BCUT2D eigenvalue weighted by Crippen LogP contribution is 2.45. The van der Waals surface area contributed by atoms with Gasteiger partial charge in [0.1, 0.15) is 4.32 Å². The van der Waals surface area contributed by atoms with E-state index in [0.29, 0.717) is 33.3 Å². The molecule has 0 aromatic heterocycles. The highest BCUT2D eigenvalue weighted by atomic mass is 32.2. The summed E-state index contributed by atoms with van der Waals surface area (Å²) >= 11 is 6.46. The number of amides is 2. The van der Waals surface area contributed by atoms with Crippen molar-refractivity contribution in [2.75, 3.05) is 11.4 Å². The predicted octanol–water partition coefficient (Wildman–Crippen LogP) is 3.98. The van der Waals surface area contributed by atoms with Gasteiger partial charge in [-0.1, -0.05) is 72.0 Å². The number of benzene rings is 2. The lowest BCUT2D eigenvalue weighted by molar-refractivity contribution is -0.137. The van der Waals surface area contributed by atoms with Crippen LogP contribution in [0.1, 0.15) is 29.5 Å². The number of hydrogen-bond acceptors (Lipinski definition) is 5. The van der Waals surface area contributed by atoms with E-state index in [4.69, 9.17) is 17.3 Å². The SMILES string of the molecule is Cc1ccc(CN2C(=O)C(=C3SC(=S)N(CCCC(=O)O)C3=O)c3ccccc32)cc1. The fourth-order valence-corrected chi connectivity index (χ4v) is 5.04. The molecule has 1 N–H and O–H groups in total. The molecule has 2 aromatic carbocycles. The summed E-state index contributed by atoms with van der Waals surface area (Å²) in [6.45, 7) is 2.63. The monoisotopic (exact) mass is 452 g/mol. The number of nitrogens with zero attached hydrogens (tertiary/aromatic N) is 2. The van der Waals surface area contributed by atoms with Gasteiger partial charge in [0.15, 0.2) is 0 Å². The molecule has 2 aliphatic rings. The highest BCUT2D eigenvalue weighted by molar-refractivity contribution is 8.26. The van der Waals surface area contributed by atoms with Gasteiger partial charge in [-0.15, -0.1) is 0 Å². The van der Waals surface area contributed by atoms with Crippen LogP contribution in [0.4, 0.5) is 5.69 Å². The van der Waals surface area contributed by atoms with E-state index in [1.165, 1.54) is 4.90 Å². The number of aliphatic carboxylic acids is 1. The highest BCUT2D eigenvalue weighted by Gasteiger charge is 2.41. The maximum atomic E-state index is 13.4. The molecule has 0 saturated carbocycles. The van der Waals surface area contributed by atoms with Crippen LogP contribution in [-0.4, -0.2) is 38.7 Å². The first kappa shape index (κ1) is 21.3. The zero-order valence-electron chi connectivity index (χ0n) is 16.8. The van der Waals surface area contributed by atoms with Crippen LogP contribution in [0, 0.1) is 6.92 Å². The summed E-state index contributed by atoms with van der Waals surface area (Å²) in [6.07, 6.45) is 0.253. The molecule has 0 atom stereocenters. The van der Waals surface area contributed by atoms with E-state index in [9.17, 15) is 14.4 Å². The van der Waals surface area contributed by atoms with Gasteiger partial charge >= 0.3 is 5.97 Å². The van der Waals surface area contributed by atoms with E-state index in [0.717, 1.165) is 28.6 Å². The van der Waals surface area contributed by atoms with Gasteiger partial charge in [0.05, 0.1) is 22.7 Å². The fourth-order valence-electron chi connectivity index (χ4n) is 3.66.